The lowest BCUT2D eigenvalue weighted by Gasteiger charge is -2.18. The highest BCUT2D eigenvalue weighted by Gasteiger charge is 2.19. The second-order valence-electron chi connectivity index (χ2n) is 6.14. The summed E-state index contributed by atoms with van der Waals surface area (Å²) in [6, 6.07) is 18.2. The summed E-state index contributed by atoms with van der Waals surface area (Å²) in [4.78, 5) is 7.64. The molecule has 0 bridgehead atoms. The lowest BCUT2D eigenvalue weighted by atomic mass is 9.94. The van der Waals surface area contributed by atoms with E-state index in [0.717, 1.165) is 39.0 Å². The number of nitrogens with zero attached hydrogens (tertiary/aromatic N) is 1. The van der Waals surface area contributed by atoms with Crippen LogP contribution in [0.4, 0.5) is 0 Å². The molecule has 5 heteroatoms. The van der Waals surface area contributed by atoms with Crippen molar-refractivity contribution in [3.63, 3.8) is 0 Å². The number of ether oxygens (including phenoxy) is 2. The van der Waals surface area contributed by atoms with E-state index in [9.17, 15) is 0 Å². The van der Waals surface area contributed by atoms with Gasteiger partial charge in [-0.1, -0.05) is 48.0 Å². The number of benzene rings is 3. The van der Waals surface area contributed by atoms with Crippen LogP contribution in [0.25, 0.3) is 33.3 Å². The minimum Gasteiger partial charge on any atom is -0.490 e. The van der Waals surface area contributed by atoms with Crippen LogP contribution in [0.3, 0.4) is 0 Å². The first-order valence-corrected chi connectivity index (χ1v) is 9.09. The van der Waals surface area contributed by atoms with Gasteiger partial charge in [0.05, 0.1) is 12.2 Å². The van der Waals surface area contributed by atoms with Crippen LogP contribution in [0.5, 0.6) is 5.75 Å². The van der Waals surface area contributed by atoms with Crippen molar-refractivity contribution >= 4 is 22.4 Å². The Hall–Kier alpha value is -2.82. The van der Waals surface area contributed by atoms with E-state index in [1.54, 1.807) is 13.3 Å². The van der Waals surface area contributed by atoms with Gasteiger partial charge in [0.15, 0.2) is 0 Å². The summed E-state index contributed by atoms with van der Waals surface area (Å²) < 4.78 is 11.4. The van der Waals surface area contributed by atoms with E-state index in [4.69, 9.17) is 21.1 Å². The molecule has 0 spiro atoms. The zero-order valence-corrected chi connectivity index (χ0v) is 15.7. The second kappa shape index (κ2) is 7.82. The predicted molar refractivity (Wildman–Crippen MR) is 109 cm³/mol. The van der Waals surface area contributed by atoms with Gasteiger partial charge in [-0.05, 0) is 34.5 Å². The van der Waals surface area contributed by atoms with Crippen LogP contribution >= 0.6 is 11.6 Å². The van der Waals surface area contributed by atoms with E-state index < -0.39 is 0 Å². The number of H-pyrrole nitrogens is 1. The SMILES string of the molecule is COCCOc1c(-c2ncc[nH]2)cc2ccccc2c1-c1ccc(Cl)cc1. The predicted octanol–water partition coefficient (Wildman–Crippen LogP) is 5.58. The number of methoxy groups -OCH3 is 1. The molecule has 0 unspecified atom stereocenters. The van der Waals surface area contributed by atoms with Gasteiger partial charge >= 0.3 is 0 Å². The molecule has 0 amide bonds. The third-order valence-corrected chi connectivity index (χ3v) is 4.67. The summed E-state index contributed by atoms with van der Waals surface area (Å²) in [6.45, 7) is 0.952. The van der Waals surface area contributed by atoms with Crippen LogP contribution in [0.2, 0.25) is 5.02 Å². The van der Waals surface area contributed by atoms with E-state index in [0.29, 0.717) is 18.2 Å². The molecule has 0 radical (unpaired) electrons. The fourth-order valence-electron chi connectivity index (χ4n) is 3.20. The van der Waals surface area contributed by atoms with Crippen molar-refractivity contribution < 1.29 is 9.47 Å². The molecule has 0 aliphatic heterocycles. The number of hydrogen-bond acceptors (Lipinski definition) is 3. The Labute approximate surface area is 162 Å². The third kappa shape index (κ3) is 3.54. The monoisotopic (exact) mass is 378 g/mol. The molecule has 136 valence electrons. The van der Waals surface area contributed by atoms with Crippen LogP contribution in [-0.4, -0.2) is 30.3 Å². The highest BCUT2D eigenvalue weighted by atomic mass is 35.5. The van der Waals surface area contributed by atoms with Gasteiger partial charge in [-0.25, -0.2) is 4.98 Å². The van der Waals surface area contributed by atoms with Crippen molar-refractivity contribution in [3.05, 3.63) is 72.0 Å². The van der Waals surface area contributed by atoms with E-state index in [1.807, 2.05) is 42.6 Å². The van der Waals surface area contributed by atoms with Gasteiger partial charge in [0.2, 0.25) is 0 Å². The molecule has 0 saturated carbocycles. The van der Waals surface area contributed by atoms with Gasteiger partial charge in [0, 0.05) is 30.1 Å². The van der Waals surface area contributed by atoms with Crippen molar-refractivity contribution in [3.8, 4) is 28.3 Å². The average molecular weight is 379 g/mol. The molecule has 0 atom stereocenters. The minimum atomic E-state index is 0.448. The summed E-state index contributed by atoms with van der Waals surface area (Å²) >= 11 is 6.11. The van der Waals surface area contributed by atoms with Gasteiger partial charge in [-0.3, -0.25) is 0 Å². The zero-order chi connectivity index (χ0) is 18.6. The molecule has 27 heavy (non-hydrogen) atoms. The summed E-state index contributed by atoms with van der Waals surface area (Å²) in [5.74, 6) is 1.55. The standard InChI is InChI=1S/C22H19ClN2O2/c1-26-12-13-27-21-19(22-24-10-11-25-22)14-16-4-2-3-5-18(16)20(21)15-6-8-17(23)9-7-15/h2-11,14H,12-13H2,1H3,(H,24,25). The largest absolute Gasteiger partial charge is 0.490 e. The van der Waals surface area contributed by atoms with Gasteiger partial charge in [-0.15, -0.1) is 0 Å². The third-order valence-electron chi connectivity index (χ3n) is 4.42. The molecule has 1 N–H and O–H groups in total. The van der Waals surface area contributed by atoms with E-state index in [1.165, 1.54) is 0 Å². The summed E-state index contributed by atoms with van der Waals surface area (Å²) in [5, 5.41) is 2.93. The van der Waals surface area contributed by atoms with E-state index in [2.05, 4.69) is 28.2 Å². The second-order valence-corrected chi connectivity index (χ2v) is 6.57. The normalized spacial score (nSPS) is 11.0. The Morgan fingerprint density at radius 2 is 1.85 bits per heavy atom. The fraction of sp³-hybridized carbons (Fsp3) is 0.136. The van der Waals surface area contributed by atoms with Crippen LogP contribution in [0, 0.1) is 0 Å². The van der Waals surface area contributed by atoms with Gasteiger partial charge < -0.3 is 14.5 Å². The zero-order valence-electron chi connectivity index (χ0n) is 14.9. The summed E-state index contributed by atoms with van der Waals surface area (Å²) in [5.41, 5.74) is 2.98. The van der Waals surface area contributed by atoms with Crippen LogP contribution in [-0.2, 0) is 4.74 Å². The van der Waals surface area contributed by atoms with Gasteiger partial charge in [0.1, 0.15) is 18.2 Å². The maximum Gasteiger partial charge on any atom is 0.141 e. The van der Waals surface area contributed by atoms with Crippen molar-refractivity contribution in [2.24, 2.45) is 0 Å². The summed E-state index contributed by atoms with van der Waals surface area (Å²) in [6.07, 6.45) is 3.55. The maximum absolute atomic E-state index is 6.21. The van der Waals surface area contributed by atoms with Gasteiger partial charge in [-0.2, -0.15) is 0 Å². The first-order chi connectivity index (χ1) is 13.3. The van der Waals surface area contributed by atoms with Gasteiger partial charge in [0.25, 0.3) is 0 Å². The van der Waals surface area contributed by atoms with E-state index in [-0.39, 0.29) is 0 Å². The topological polar surface area (TPSA) is 47.1 Å². The molecule has 4 rings (SSSR count). The summed E-state index contributed by atoms with van der Waals surface area (Å²) in [7, 11) is 1.66. The molecule has 0 saturated heterocycles. The number of nitrogens with one attached hydrogen (secondary N) is 1. The molecule has 1 aromatic heterocycles. The number of hydrogen-bond donors (Lipinski definition) is 1. The first-order valence-electron chi connectivity index (χ1n) is 8.71. The first kappa shape index (κ1) is 17.6. The molecule has 4 aromatic rings. The molecule has 4 nitrogen and oxygen atoms in total. The number of fused-ring (bicyclic) bond motifs is 1. The lowest BCUT2D eigenvalue weighted by Crippen LogP contribution is -2.07. The maximum atomic E-state index is 6.21. The van der Waals surface area contributed by atoms with Crippen molar-refractivity contribution in [1.82, 2.24) is 9.97 Å². The number of aromatic nitrogens is 2. The van der Waals surface area contributed by atoms with E-state index >= 15 is 0 Å². The Kier molecular flexibility index (Phi) is 5.10. The number of rotatable bonds is 6. The van der Waals surface area contributed by atoms with Crippen LogP contribution in [0.15, 0.2) is 67.0 Å². The Morgan fingerprint density at radius 1 is 1.04 bits per heavy atom. The smallest absolute Gasteiger partial charge is 0.141 e. The quantitative estimate of drug-likeness (QED) is 0.446. The molecular weight excluding hydrogens is 360 g/mol. The Morgan fingerprint density at radius 3 is 2.59 bits per heavy atom. The number of aromatic amines is 1. The minimum absolute atomic E-state index is 0.448. The molecular formula is C22H19ClN2O2. The Balaban J connectivity index is 2.01. The molecule has 0 aliphatic carbocycles. The Bertz CT molecular complexity index is 1040. The lowest BCUT2D eigenvalue weighted by molar-refractivity contribution is 0.147. The average Bonchev–Trinajstić information content (AvgIpc) is 3.23. The fourth-order valence-corrected chi connectivity index (χ4v) is 3.32. The van der Waals surface area contributed by atoms with Crippen molar-refractivity contribution in [2.75, 3.05) is 20.3 Å². The van der Waals surface area contributed by atoms with Crippen molar-refractivity contribution in [1.29, 1.82) is 0 Å². The highest BCUT2D eigenvalue weighted by molar-refractivity contribution is 6.30. The molecule has 0 aliphatic rings. The number of imidazole rings is 1. The molecule has 0 fully saturated rings. The van der Waals surface area contributed by atoms with Crippen LogP contribution in [0.1, 0.15) is 0 Å². The molecule has 3 aromatic carbocycles. The molecule has 1 heterocycles. The van der Waals surface area contributed by atoms with Crippen molar-refractivity contribution in [2.45, 2.75) is 0 Å². The highest BCUT2D eigenvalue weighted by Crippen LogP contribution is 2.43. The number of halogens is 1. The van der Waals surface area contributed by atoms with Crippen LogP contribution < -0.4 is 4.74 Å².